The molecule has 39 heavy (non-hydrogen) atoms. The molecule has 4 nitrogen and oxygen atoms in total. The molecule has 210 valence electrons. The predicted molar refractivity (Wildman–Crippen MR) is 158 cm³/mol. The molecule has 7 atom stereocenters. The standard InChI is InChI=1S/C34H46O4Si/c1-8-33(35)17-16-29-27-14-11-24-21-34(36-19-20-37-34)18-15-26(24)30(27)28(22-32(29,33)5)23-9-12-25(13-10-23)38-39(6,7)31(2,3)4/h1,9-13,16-17,26-30,35H,14-15,18-22H2,2-7H3/t26-,27-,28+,29-,30+,32-,33-/m0/s1. The highest BCUT2D eigenvalue weighted by Crippen LogP contribution is 2.66. The molecule has 1 spiro atoms. The zero-order valence-electron chi connectivity index (χ0n) is 24.6. The smallest absolute Gasteiger partial charge is 0.250 e. The Morgan fingerprint density at radius 3 is 2.44 bits per heavy atom. The highest BCUT2D eigenvalue weighted by Gasteiger charge is 2.63. The van der Waals surface area contributed by atoms with Crippen LogP contribution in [0.25, 0.3) is 0 Å². The van der Waals surface area contributed by atoms with Gasteiger partial charge in [-0.15, -0.1) is 6.42 Å². The van der Waals surface area contributed by atoms with Crippen LogP contribution >= 0.6 is 0 Å². The number of terminal acetylenes is 1. The van der Waals surface area contributed by atoms with Gasteiger partial charge in [0, 0.05) is 18.3 Å². The van der Waals surface area contributed by atoms with Crippen molar-refractivity contribution in [3.05, 3.63) is 53.6 Å². The van der Waals surface area contributed by atoms with Crippen molar-refractivity contribution < 1.29 is 19.0 Å². The lowest BCUT2D eigenvalue weighted by Crippen LogP contribution is -2.55. The van der Waals surface area contributed by atoms with Gasteiger partial charge in [-0.2, -0.15) is 0 Å². The lowest BCUT2D eigenvalue weighted by Gasteiger charge is -2.58. The Kier molecular flexibility index (Phi) is 6.36. The highest BCUT2D eigenvalue weighted by atomic mass is 28.4. The van der Waals surface area contributed by atoms with Gasteiger partial charge in [0.2, 0.25) is 8.32 Å². The Bertz CT molecular complexity index is 1210. The molecule has 1 saturated heterocycles. The van der Waals surface area contributed by atoms with Crippen molar-refractivity contribution >= 4 is 8.32 Å². The predicted octanol–water partition coefficient (Wildman–Crippen LogP) is 7.22. The van der Waals surface area contributed by atoms with E-state index >= 15 is 0 Å². The number of rotatable bonds is 3. The first-order valence-electron chi connectivity index (χ1n) is 15.0. The Hall–Kier alpha value is -1.84. The Labute approximate surface area is 236 Å². The van der Waals surface area contributed by atoms with E-state index in [4.69, 9.17) is 20.3 Å². The van der Waals surface area contributed by atoms with Gasteiger partial charge in [-0.25, -0.2) is 0 Å². The Morgan fingerprint density at radius 1 is 1.10 bits per heavy atom. The van der Waals surface area contributed by atoms with Gasteiger partial charge in [-0.05, 0) is 90.8 Å². The summed E-state index contributed by atoms with van der Waals surface area (Å²) in [6.07, 6.45) is 17.5. The first kappa shape index (κ1) is 27.3. The van der Waals surface area contributed by atoms with E-state index in [1.54, 1.807) is 0 Å². The van der Waals surface area contributed by atoms with Crippen LogP contribution in [0.15, 0.2) is 48.1 Å². The van der Waals surface area contributed by atoms with Crippen LogP contribution in [0.5, 0.6) is 5.75 Å². The van der Waals surface area contributed by atoms with E-state index in [0.29, 0.717) is 36.9 Å². The largest absolute Gasteiger partial charge is 0.544 e. The molecule has 0 radical (unpaired) electrons. The molecule has 1 N–H and O–H groups in total. The molecule has 0 bridgehead atoms. The van der Waals surface area contributed by atoms with Gasteiger partial charge in [0.05, 0.1) is 13.2 Å². The van der Waals surface area contributed by atoms with Crippen molar-refractivity contribution in [2.75, 3.05) is 13.2 Å². The minimum Gasteiger partial charge on any atom is -0.544 e. The van der Waals surface area contributed by atoms with Gasteiger partial charge in [-0.3, -0.25) is 0 Å². The van der Waals surface area contributed by atoms with Gasteiger partial charge in [0.15, 0.2) is 5.79 Å². The minimum absolute atomic E-state index is 0.150. The van der Waals surface area contributed by atoms with Gasteiger partial charge >= 0.3 is 0 Å². The second kappa shape index (κ2) is 9.08. The van der Waals surface area contributed by atoms with Crippen molar-refractivity contribution in [2.45, 2.75) is 95.2 Å². The lowest BCUT2D eigenvalue weighted by atomic mass is 9.47. The summed E-state index contributed by atoms with van der Waals surface area (Å²) in [6.45, 7) is 15.1. The molecule has 6 rings (SSSR count). The second-order valence-electron chi connectivity index (χ2n) is 14.6. The van der Waals surface area contributed by atoms with E-state index in [1.165, 1.54) is 11.1 Å². The van der Waals surface area contributed by atoms with E-state index in [1.807, 2.05) is 6.08 Å². The van der Waals surface area contributed by atoms with Crippen LogP contribution in [-0.4, -0.2) is 38.0 Å². The molecule has 0 unspecified atom stereocenters. The molecular formula is C34H46O4Si. The summed E-state index contributed by atoms with van der Waals surface area (Å²) >= 11 is 0. The summed E-state index contributed by atoms with van der Waals surface area (Å²) in [5, 5.41) is 11.8. The molecule has 0 amide bonds. The zero-order chi connectivity index (χ0) is 27.8. The second-order valence-corrected chi connectivity index (χ2v) is 19.4. The third-order valence-corrected chi connectivity index (χ3v) is 16.0. The monoisotopic (exact) mass is 546 g/mol. The first-order chi connectivity index (χ1) is 18.3. The third-order valence-electron chi connectivity index (χ3n) is 11.6. The van der Waals surface area contributed by atoms with E-state index in [9.17, 15) is 5.11 Å². The van der Waals surface area contributed by atoms with Gasteiger partial charge in [-0.1, -0.05) is 63.5 Å². The fourth-order valence-corrected chi connectivity index (χ4v) is 9.42. The van der Waals surface area contributed by atoms with Crippen molar-refractivity contribution in [1.82, 2.24) is 0 Å². The van der Waals surface area contributed by atoms with Gasteiger partial charge in [0.1, 0.15) is 11.4 Å². The molecule has 1 aromatic rings. The van der Waals surface area contributed by atoms with E-state index < -0.39 is 19.7 Å². The number of benzene rings is 1. The summed E-state index contributed by atoms with van der Waals surface area (Å²) in [6, 6.07) is 8.93. The maximum absolute atomic E-state index is 11.6. The van der Waals surface area contributed by atoms with Crippen LogP contribution in [0, 0.1) is 41.4 Å². The fraction of sp³-hybridized carbons (Fsp3) is 0.647. The van der Waals surface area contributed by atoms with E-state index in [2.05, 4.69) is 83.1 Å². The van der Waals surface area contributed by atoms with Crippen LogP contribution in [0.1, 0.15) is 71.3 Å². The van der Waals surface area contributed by atoms with Crippen LogP contribution in [0.4, 0.5) is 0 Å². The first-order valence-corrected chi connectivity index (χ1v) is 17.9. The maximum atomic E-state index is 11.6. The average Bonchev–Trinajstić information content (AvgIpc) is 3.44. The molecule has 1 heterocycles. The van der Waals surface area contributed by atoms with Gasteiger partial charge < -0.3 is 19.0 Å². The number of ether oxygens (including phenoxy) is 2. The number of fused-ring (bicyclic) bond motifs is 5. The highest BCUT2D eigenvalue weighted by molar-refractivity contribution is 6.74. The van der Waals surface area contributed by atoms with E-state index in [-0.39, 0.29) is 16.4 Å². The van der Waals surface area contributed by atoms with Crippen LogP contribution in [-0.2, 0) is 9.47 Å². The summed E-state index contributed by atoms with van der Waals surface area (Å²) in [4.78, 5) is 0. The topological polar surface area (TPSA) is 47.9 Å². The van der Waals surface area contributed by atoms with E-state index in [0.717, 1.165) is 37.9 Å². The minimum atomic E-state index is -1.92. The molecular weight excluding hydrogens is 500 g/mol. The molecule has 1 aliphatic heterocycles. The van der Waals surface area contributed by atoms with Crippen LogP contribution < -0.4 is 4.43 Å². The average molecular weight is 547 g/mol. The summed E-state index contributed by atoms with van der Waals surface area (Å²) in [5.41, 5.74) is 1.26. The Balaban J connectivity index is 1.35. The van der Waals surface area contributed by atoms with Crippen LogP contribution in [0.3, 0.4) is 0 Å². The number of hydrogen-bond donors (Lipinski definition) is 1. The fourth-order valence-electron chi connectivity index (χ4n) is 8.39. The maximum Gasteiger partial charge on any atom is 0.250 e. The molecule has 5 aliphatic rings. The molecule has 4 aliphatic carbocycles. The summed E-state index contributed by atoms with van der Waals surface area (Å²) in [5.74, 6) is 5.38. The van der Waals surface area contributed by atoms with Gasteiger partial charge in [0.25, 0.3) is 0 Å². The summed E-state index contributed by atoms with van der Waals surface area (Å²) in [7, 11) is -1.92. The molecule has 1 aromatic carbocycles. The normalized spacial score (nSPS) is 38.9. The zero-order valence-corrected chi connectivity index (χ0v) is 25.6. The lowest BCUT2D eigenvalue weighted by molar-refractivity contribution is -0.177. The Morgan fingerprint density at radius 2 is 1.79 bits per heavy atom. The number of allylic oxidation sites excluding steroid dienone is 2. The third kappa shape index (κ3) is 4.21. The SMILES string of the molecule is C#C[C@]1(O)C=C[C@H]2[C@@H]3CC=C4CC5(CC[C@@H]4[C@H]3[C@@H](c3ccc(O[Si](C)(C)C(C)(C)C)cc3)C[C@@]21C)OCCO5. The van der Waals surface area contributed by atoms with Crippen molar-refractivity contribution in [3.8, 4) is 18.1 Å². The molecule has 0 aromatic heterocycles. The number of hydrogen-bond acceptors (Lipinski definition) is 4. The number of aliphatic hydroxyl groups is 1. The quantitative estimate of drug-likeness (QED) is 0.247. The van der Waals surface area contributed by atoms with Crippen molar-refractivity contribution in [1.29, 1.82) is 0 Å². The summed E-state index contributed by atoms with van der Waals surface area (Å²) < 4.78 is 18.9. The molecule has 3 fully saturated rings. The molecule has 2 saturated carbocycles. The molecule has 5 heteroatoms. The van der Waals surface area contributed by atoms with Crippen molar-refractivity contribution in [2.24, 2.45) is 29.1 Å². The van der Waals surface area contributed by atoms with Crippen molar-refractivity contribution in [3.63, 3.8) is 0 Å². The van der Waals surface area contributed by atoms with Crippen LogP contribution in [0.2, 0.25) is 18.1 Å².